The molecule has 3 heteroatoms. The fourth-order valence-corrected chi connectivity index (χ4v) is 2.73. The van der Waals surface area contributed by atoms with Crippen molar-refractivity contribution in [1.82, 2.24) is 0 Å². The Balaban J connectivity index is 2.17. The highest BCUT2D eigenvalue weighted by Crippen LogP contribution is 2.31. The third-order valence-corrected chi connectivity index (χ3v) is 3.92. The lowest BCUT2D eigenvalue weighted by molar-refractivity contribution is -0.137. The van der Waals surface area contributed by atoms with Crippen LogP contribution in [-0.4, -0.2) is 17.2 Å². The number of hydrogen-bond donors (Lipinski definition) is 0. The first-order valence-corrected chi connectivity index (χ1v) is 6.83. The second-order valence-corrected chi connectivity index (χ2v) is 5.36. The Morgan fingerprint density at radius 1 is 1.29 bits per heavy atom. The lowest BCUT2D eigenvalue weighted by Crippen LogP contribution is -2.06. The van der Waals surface area contributed by atoms with Crippen LogP contribution in [0.4, 0.5) is 0 Å². The molecule has 0 saturated carbocycles. The maximum absolute atomic E-state index is 11.8. The van der Waals surface area contributed by atoms with Crippen LogP contribution in [0.3, 0.4) is 0 Å². The molecule has 1 aliphatic rings. The second kappa shape index (κ2) is 5.41. The Kier molecular flexibility index (Phi) is 3.89. The van der Waals surface area contributed by atoms with Gasteiger partial charge in [-0.25, -0.2) is 4.79 Å². The zero-order chi connectivity index (χ0) is 12.3. The summed E-state index contributed by atoms with van der Waals surface area (Å²) in [6, 6.07) is 10.0. The molecule has 0 bridgehead atoms. The maximum Gasteiger partial charge on any atom is 0.335 e. The number of ether oxygens (including phenoxy) is 1. The van der Waals surface area contributed by atoms with Crippen LogP contribution in [0.5, 0.6) is 0 Å². The van der Waals surface area contributed by atoms with Gasteiger partial charge in [-0.1, -0.05) is 37.3 Å². The highest BCUT2D eigenvalue weighted by Gasteiger charge is 2.30. The van der Waals surface area contributed by atoms with E-state index in [0.29, 0.717) is 6.42 Å². The van der Waals surface area contributed by atoms with Crippen LogP contribution in [0.2, 0.25) is 0 Å². The first-order valence-electron chi connectivity index (χ1n) is 5.78. The summed E-state index contributed by atoms with van der Waals surface area (Å²) in [6.45, 7) is 4.07. The van der Waals surface area contributed by atoms with Gasteiger partial charge in [-0.2, -0.15) is 0 Å². The first-order chi connectivity index (χ1) is 8.22. The number of rotatable bonds is 4. The minimum absolute atomic E-state index is 0.0776. The second-order valence-electron chi connectivity index (χ2n) is 4.02. The number of cyclic esters (lactones) is 1. The summed E-state index contributed by atoms with van der Waals surface area (Å²) in [4.78, 5) is 11.8. The molecule has 0 amide bonds. The van der Waals surface area contributed by atoms with E-state index >= 15 is 0 Å². The number of carbonyl (C=O) groups is 1. The molecule has 1 aromatic rings. The van der Waals surface area contributed by atoms with E-state index in [1.165, 1.54) is 0 Å². The Morgan fingerprint density at radius 3 is 2.65 bits per heavy atom. The lowest BCUT2D eigenvalue weighted by Gasteiger charge is -2.08. The van der Waals surface area contributed by atoms with Crippen molar-refractivity contribution in [2.45, 2.75) is 25.7 Å². The van der Waals surface area contributed by atoms with Crippen molar-refractivity contribution in [3.63, 3.8) is 0 Å². The highest BCUT2D eigenvalue weighted by atomic mass is 32.2. The molecule has 1 unspecified atom stereocenters. The van der Waals surface area contributed by atoms with Crippen LogP contribution < -0.4 is 0 Å². The van der Waals surface area contributed by atoms with Crippen molar-refractivity contribution in [1.29, 1.82) is 0 Å². The van der Waals surface area contributed by atoms with Crippen molar-refractivity contribution in [2.75, 3.05) is 5.75 Å². The van der Waals surface area contributed by atoms with E-state index < -0.39 is 0 Å². The monoisotopic (exact) mass is 248 g/mol. The molecule has 0 fully saturated rings. The molecule has 0 aliphatic carbocycles. The topological polar surface area (TPSA) is 26.3 Å². The van der Waals surface area contributed by atoms with Gasteiger partial charge >= 0.3 is 5.97 Å². The fraction of sp³-hybridized carbons (Fsp3) is 0.357. The Bertz CT molecular complexity index is 437. The summed E-state index contributed by atoms with van der Waals surface area (Å²) < 4.78 is 5.35. The third kappa shape index (κ3) is 2.72. The molecule has 2 nitrogen and oxygen atoms in total. The van der Waals surface area contributed by atoms with E-state index in [-0.39, 0.29) is 11.4 Å². The molecule has 0 spiro atoms. The Morgan fingerprint density at radius 2 is 2.00 bits per heavy atom. The lowest BCUT2D eigenvalue weighted by atomic mass is 10.0. The quantitative estimate of drug-likeness (QED) is 0.765. The van der Waals surface area contributed by atoms with E-state index in [1.54, 1.807) is 11.8 Å². The van der Waals surface area contributed by atoms with Crippen molar-refractivity contribution in [2.24, 2.45) is 0 Å². The van der Waals surface area contributed by atoms with Crippen LogP contribution in [-0.2, 0) is 16.0 Å². The standard InChI is InChI=1S/C14H16O2S/c1-3-17-14-10(2)12(13(15)16-14)9-11-7-5-4-6-8-11/h4-8,14H,3,9H2,1-2H3. The van der Waals surface area contributed by atoms with Gasteiger partial charge in [-0.3, -0.25) is 0 Å². The van der Waals surface area contributed by atoms with Gasteiger partial charge in [-0.05, 0) is 23.8 Å². The minimum Gasteiger partial charge on any atom is -0.443 e. The number of thioether (sulfide) groups is 1. The van der Waals surface area contributed by atoms with Gasteiger partial charge in [0.2, 0.25) is 0 Å². The molecule has 1 heterocycles. The zero-order valence-corrected chi connectivity index (χ0v) is 10.9. The van der Waals surface area contributed by atoms with Crippen molar-refractivity contribution in [3.8, 4) is 0 Å². The van der Waals surface area contributed by atoms with Crippen molar-refractivity contribution in [3.05, 3.63) is 47.0 Å². The minimum atomic E-state index is -0.155. The van der Waals surface area contributed by atoms with Crippen LogP contribution in [0.25, 0.3) is 0 Å². The summed E-state index contributed by atoms with van der Waals surface area (Å²) in [5.74, 6) is 0.797. The van der Waals surface area contributed by atoms with E-state index in [0.717, 1.165) is 22.5 Å². The van der Waals surface area contributed by atoms with Gasteiger partial charge in [0.05, 0.1) is 0 Å². The number of hydrogen-bond acceptors (Lipinski definition) is 3. The summed E-state index contributed by atoms with van der Waals surface area (Å²) in [7, 11) is 0. The molecule has 1 atom stereocenters. The van der Waals surface area contributed by atoms with Crippen LogP contribution in [0, 0.1) is 0 Å². The predicted molar refractivity (Wildman–Crippen MR) is 70.9 cm³/mol. The summed E-state index contributed by atoms with van der Waals surface area (Å²) >= 11 is 1.66. The molecule has 1 aliphatic heterocycles. The number of benzene rings is 1. The van der Waals surface area contributed by atoms with Crippen LogP contribution in [0.1, 0.15) is 19.4 Å². The maximum atomic E-state index is 11.8. The summed E-state index contributed by atoms with van der Waals surface area (Å²) in [6.07, 6.45) is 0.673. The third-order valence-electron chi connectivity index (χ3n) is 2.83. The molecular weight excluding hydrogens is 232 g/mol. The van der Waals surface area contributed by atoms with Gasteiger partial charge in [0, 0.05) is 12.0 Å². The zero-order valence-electron chi connectivity index (χ0n) is 10.1. The normalized spacial score (nSPS) is 19.6. The molecule has 17 heavy (non-hydrogen) atoms. The predicted octanol–water partition coefficient (Wildman–Crippen LogP) is 3.18. The van der Waals surface area contributed by atoms with Gasteiger partial charge in [-0.15, -0.1) is 11.8 Å². The van der Waals surface area contributed by atoms with Gasteiger partial charge in [0.1, 0.15) is 0 Å². The van der Waals surface area contributed by atoms with E-state index in [2.05, 4.69) is 6.92 Å². The summed E-state index contributed by atoms with van der Waals surface area (Å²) in [5.41, 5.74) is 2.97. The molecule has 90 valence electrons. The fourth-order valence-electron chi connectivity index (χ4n) is 1.88. The molecule has 0 radical (unpaired) electrons. The first kappa shape index (κ1) is 12.2. The SMILES string of the molecule is CCSC1OC(=O)C(Cc2ccccc2)=C1C. The van der Waals surface area contributed by atoms with Gasteiger partial charge in [0.15, 0.2) is 5.44 Å². The molecule has 2 rings (SSSR count). The van der Waals surface area contributed by atoms with Gasteiger partial charge in [0.25, 0.3) is 0 Å². The van der Waals surface area contributed by atoms with Crippen molar-refractivity contribution < 1.29 is 9.53 Å². The average Bonchev–Trinajstić information content (AvgIpc) is 2.59. The molecule has 0 saturated heterocycles. The molecule has 1 aromatic carbocycles. The van der Waals surface area contributed by atoms with Gasteiger partial charge < -0.3 is 4.74 Å². The Labute approximate surface area is 106 Å². The Hall–Kier alpha value is -1.22. The molecular formula is C14H16O2S. The average molecular weight is 248 g/mol. The van der Waals surface area contributed by atoms with Crippen molar-refractivity contribution >= 4 is 17.7 Å². The number of esters is 1. The van der Waals surface area contributed by atoms with Crippen LogP contribution >= 0.6 is 11.8 Å². The smallest absolute Gasteiger partial charge is 0.335 e. The van der Waals surface area contributed by atoms with E-state index in [9.17, 15) is 4.79 Å². The number of carbonyl (C=O) groups excluding carboxylic acids is 1. The molecule has 0 N–H and O–H groups in total. The summed E-state index contributed by atoms with van der Waals surface area (Å²) in [5, 5.41) is 0. The largest absolute Gasteiger partial charge is 0.443 e. The van der Waals surface area contributed by atoms with E-state index in [1.807, 2.05) is 37.3 Å². The highest BCUT2D eigenvalue weighted by molar-refractivity contribution is 7.99. The van der Waals surface area contributed by atoms with E-state index in [4.69, 9.17) is 4.74 Å². The van der Waals surface area contributed by atoms with Crippen LogP contribution in [0.15, 0.2) is 41.5 Å². The molecule has 0 aromatic heterocycles.